The first-order chi connectivity index (χ1) is 17.7. The molecule has 0 bridgehead atoms. The van der Waals surface area contributed by atoms with Gasteiger partial charge in [0.25, 0.3) is 5.56 Å². The second-order valence-corrected chi connectivity index (χ2v) is 10.1. The molecule has 0 amide bonds. The van der Waals surface area contributed by atoms with E-state index < -0.39 is 0 Å². The number of carbonyl (C=O) groups excluding carboxylic acids is 1. The van der Waals surface area contributed by atoms with Crippen molar-refractivity contribution in [2.75, 3.05) is 0 Å². The minimum Gasteiger partial charge on any atom is -0.364 e. The summed E-state index contributed by atoms with van der Waals surface area (Å²) in [5.41, 5.74) is 4.39. The van der Waals surface area contributed by atoms with Gasteiger partial charge in [-0.2, -0.15) is 0 Å². The Balaban J connectivity index is 0.000000480. The third-order valence-corrected chi connectivity index (χ3v) is 6.72. The van der Waals surface area contributed by atoms with Gasteiger partial charge >= 0.3 is 0 Å². The maximum atomic E-state index is 12.1. The van der Waals surface area contributed by atoms with E-state index in [1.807, 2.05) is 30.7 Å². The van der Waals surface area contributed by atoms with Crippen molar-refractivity contribution < 1.29 is 4.79 Å². The lowest BCUT2D eigenvalue weighted by Crippen LogP contribution is -2.10. The molecule has 0 saturated heterocycles. The third-order valence-electron chi connectivity index (χ3n) is 5.84. The van der Waals surface area contributed by atoms with Crippen LogP contribution in [0.25, 0.3) is 27.9 Å². The second-order valence-electron chi connectivity index (χ2n) is 9.28. The van der Waals surface area contributed by atoms with Gasteiger partial charge in [-0.3, -0.25) is 9.59 Å². The number of hydrogen-bond acceptors (Lipinski definition) is 4. The van der Waals surface area contributed by atoms with Crippen LogP contribution in [0.3, 0.4) is 0 Å². The number of aryl methyl sites for hydroxylation is 1. The molecule has 6 heteroatoms. The summed E-state index contributed by atoms with van der Waals surface area (Å²) in [6, 6.07) is 1.59. The number of Topliss-reactive ketones (excluding diaryl/α,β-unsaturated/α-hetero) is 1. The molecule has 1 unspecified atom stereocenters. The molecule has 0 aromatic carbocycles. The van der Waals surface area contributed by atoms with Crippen molar-refractivity contribution in [3.8, 4) is 21.8 Å². The number of aromatic amines is 2. The predicted octanol–water partition coefficient (Wildman–Crippen LogP) is 9.23. The molecule has 0 fully saturated rings. The van der Waals surface area contributed by atoms with Crippen LogP contribution >= 0.6 is 11.3 Å². The maximum absolute atomic E-state index is 12.1. The van der Waals surface area contributed by atoms with E-state index in [4.69, 9.17) is 0 Å². The van der Waals surface area contributed by atoms with Gasteiger partial charge in [0, 0.05) is 40.2 Å². The third kappa shape index (κ3) is 10.5. The zero-order valence-electron chi connectivity index (χ0n) is 23.7. The SMILES string of the molecule is C=C/C=C\c1c(-c2csc(-c3cc(C(C)=O)c[nH]c3=O)n2)c[nH]c1C.CCC.CCCCCC(C)CC. The average molecular weight is 524 g/mol. The molecule has 37 heavy (non-hydrogen) atoms. The number of ketones is 1. The first-order valence-electron chi connectivity index (χ1n) is 13.4. The summed E-state index contributed by atoms with van der Waals surface area (Å²) in [6.45, 7) is 18.3. The van der Waals surface area contributed by atoms with Crippen molar-refractivity contribution >= 4 is 23.2 Å². The van der Waals surface area contributed by atoms with Gasteiger partial charge in [-0.15, -0.1) is 11.3 Å². The molecular weight excluding hydrogens is 478 g/mol. The summed E-state index contributed by atoms with van der Waals surface area (Å²) < 4.78 is 0. The second kappa shape index (κ2) is 17.5. The van der Waals surface area contributed by atoms with Crippen molar-refractivity contribution in [3.63, 3.8) is 0 Å². The van der Waals surface area contributed by atoms with Crippen LogP contribution in [0.5, 0.6) is 0 Å². The highest BCUT2D eigenvalue weighted by Crippen LogP contribution is 2.31. The number of unbranched alkanes of at least 4 members (excludes halogenated alkanes) is 2. The molecule has 3 aromatic rings. The predicted molar refractivity (Wildman–Crippen MR) is 161 cm³/mol. The Hall–Kier alpha value is -2.99. The highest BCUT2D eigenvalue weighted by molar-refractivity contribution is 7.13. The van der Waals surface area contributed by atoms with E-state index in [-0.39, 0.29) is 11.3 Å². The standard InChI is InChI=1S/C19H17N3O2S.C9H20.C3H8/c1-4-5-6-14-11(2)20-9-16(14)17-10-25-19(22-17)15-7-13(12(3)23)8-21-18(15)24;1-4-6-7-8-9(3)5-2;1-3-2/h4-10,20H,1H2,2-3H3,(H,21,24);9H,4-8H2,1-3H3;3H2,1-2H3/b6-5-;;. The quantitative estimate of drug-likeness (QED) is 0.158. The zero-order valence-corrected chi connectivity index (χ0v) is 24.6. The number of carbonyl (C=O) groups is 1. The van der Waals surface area contributed by atoms with Crippen molar-refractivity contribution in [3.05, 3.63) is 69.7 Å². The highest BCUT2D eigenvalue weighted by atomic mass is 32.1. The fraction of sp³-hybridized carbons (Fsp3) is 0.452. The Labute approximate surface area is 227 Å². The fourth-order valence-corrected chi connectivity index (χ4v) is 4.28. The van der Waals surface area contributed by atoms with Crippen LogP contribution in [0.1, 0.15) is 102 Å². The van der Waals surface area contributed by atoms with Gasteiger partial charge in [0.1, 0.15) is 5.01 Å². The fourth-order valence-electron chi connectivity index (χ4n) is 3.44. The smallest absolute Gasteiger partial charge is 0.258 e. The summed E-state index contributed by atoms with van der Waals surface area (Å²) >= 11 is 1.37. The topological polar surface area (TPSA) is 78.6 Å². The number of nitrogens with one attached hydrogen (secondary N) is 2. The molecule has 0 aliphatic rings. The van der Waals surface area contributed by atoms with Crippen LogP contribution in [0.4, 0.5) is 0 Å². The molecule has 0 radical (unpaired) electrons. The molecule has 2 N–H and O–H groups in total. The number of nitrogens with zero attached hydrogens (tertiary/aromatic N) is 1. The van der Waals surface area contributed by atoms with Gasteiger partial charge in [-0.25, -0.2) is 4.98 Å². The molecule has 0 saturated carbocycles. The zero-order chi connectivity index (χ0) is 27.8. The van der Waals surface area contributed by atoms with E-state index in [0.29, 0.717) is 16.1 Å². The summed E-state index contributed by atoms with van der Waals surface area (Å²) in [6.07, 6.45) is 17.1. The summed E-state index contributed by atoms with van der Waals surface area (Å²) in [7, 11) is 0. The molecule has 3 heterocycles. The first kappa shape index (κ1) is 32.0. The Bertz CT molecular complexity index is 1180. The highest BCUT2D eigenvalue weighted by Gasteiger charge is 2.15. The van der Waals surface area contributed by atoms with Crippen LogP contribution < -0.4 is 5.56 Å². The van der Waals surface area contributed by atoms with Crippen LogP contribution in [0.2, 0.25) is 0 Å². The largest absolute Gasteiger partial charge is 0.364 e. The lowest BCUT2D eigenvalue weighted by molar-refractivity contribution is 0.101. The summed E-state index contributed by atoms with van der Waals surface area (Å²) in [4.78, 5) is 34.1. The van der Waals surface area contributed by atoms with Crippen LogP contribution in [0, 0.1) is 12.8 Å². The van der Waals surface area contributed by atoms with Gasteiger partial charge in [0.2, 0.25) is 0 Å². The average Bonchev–Trinajstić information content (AvgIpc) is 3.50. The van der Waals surface area contributed by atoms with Gasteiger partial charge in [-0.1, -0.05) is 98.0 Å². The molecule has 3 rings (SSSR count). The lowest BCUT2D eigenvalue weighted by atomic mass is 10.0. The van der Waals surface area contributed by atoms with E-state index in [1.165, 1.54) is 63.0 Å². The molecule has 1 atom stereocenters. The minimum absolute atomic E-state index is 0.104. The molecule has 202 valence electrons. The number of thiazole rings is 1. The minimum atomic E-state index is -0.261. The molecule has 0 spiro atoms. The van der Waals surface area contributed by atoms with E-state index in [2.05, 4.69) is 56.1 Å². The van der Waals surface area contributed by atoms with Crippen molar-refractivity contribution in [2.45, 2.75) is 87.0 Å². The Morgan fingerprint density at radius 2 is 1.84 bits per heavy atom. The van der Waals surface area contributed by atoms with Gasteiger partial charge in [0.05, 0.1) is 11.3 Å². The van der Waals surface area contributed by atoms with E-state index in [0.717, 1.165) is 28.4 Å². The Morgan fingerprint density at radius 1 is 1.14 bits per heavy atom. The van der Waals surface area contributed by atoms with Crippen LogP contribution in [0.15, 0.2) is 47.4 Å². The van der Waals surface area contributed by atoms with Gasteiger partial charge in [-0.05, 0) is 25.8 Å². The molecule has 0 aliphatic heterocycles. The number of aromatic nitrogens is 3. The molecule has 5 nitrogen and oxygen atoms in total. The number of H-pyrrole nitrogens is 2. The number of hydrogen-bond donors (Lipinski definition) is 2. The number of pyridine rings is 1. The lowest BCUT2D eigenvalue weighted by Gasteiger charge is -2.05. The molecule has 3 aromatic heterocycles. The molecular formula is C31H45N3O2S. The number of allylic oxidation sites excluding steroid dienone is 2. The van der Waals surface area contributed by atoms with E-state index in [1.54, 1.807) is 12.1 Å². The normalized spacial score (nSPS) is 11.3. The van der Waals surface area contributed by atoms with Crippen LogP contribution in [-0.2, 0) is 0 Å². The van der Waals surface area contributed by atoms with Crippen LogP contribution in [-0.4, -0.2) is 20.7 Å². The maximum Gasteiger partial charge on any atom is 0.258 e. The first-order valence-corrected chi connectivity index (χ1v) is 14.3. The van der Waals surface area contributed by atoms with E-state index in [9.17, 15) is 9.59 Å². The van der Waals surface area contributed by atoms with Gasteiger partial charge < -0.3 is 9.97 Å². The summed E-state index contributed by atoms with van der Waals surface area (Å²) in [5, 5.41) is 2.49. The Morgan fingerprint density at radius 3 is 2.43 bits per heavy atom. The van der Waals surface area contributed by atoms with E-state index >= 15 is 0 Å². The summed E-state index contributed by atoms with van der Waals surface area (Å²) in [5.74, 6) is 0.851. The van der Waals surface area contributed by atoms with Crippen molar-refractivity contribution in [1.29, 1.82) is 0 Å². The van der Waals surface area contributed by atoms with Crippen molar-refractivity contribution in [1.82, 2.24) is 15.0 Å². The number of rotatable bonds is 10. The molecule has 0 aliphatic carbocycles. The van der Waals surface area contributed by atoms with Crippen molar-refractivity contribution in [2.24, 2.45) is 5.92 Å². The Kier molecular flexibility index (Phi) is 15.1. The monoisotopic (exact) mass is 523 g/mol. The van der Waals surface area contributed by atoms with Gasteiger partial charge in [0.15, 0.2) is 5.78 Å².